The maximum atomic E-state index is 11.3. The van der Waals surface area contributed by atoms with Crippen molar-refractivity contribution >= 4 is 44.9 Å². The van der Waals surface area contributed by atoms with Gasteiger partial charge in [-0.3, -0.25) is 14.7 Å². The van der Waals surface area contributed by atoms with Crippen LogP contribution in [0.4, 0.5) is 5.69 Å². The number of carbonyl (C=O) groups excluding carboxylic acids is 1. The summed E-state index contributed by atoms with van der Waals surface area (Å²) in [5.74, 6) is 2.09. The number of H-pyrrole nitrogens is 1. The van der Waals surface area contributed by atoms with Gasteiger partial charge in [0.1, 0.15) is 17.2 Å². The van der Waals surface area contributed by atoms with Crippen molar-refractivity contribution in [1.29, 1.82) is 0 Å². The summed E-state index contributed by atoms with van der Waals surface area (Å²) in [5, 5.41) is 25.2. The number of aromatic amines is 1. The molecule has 0 unspecified atom stereocenters. The number of anilines is 1. The molecule has 43 heavy (non-hydrogen) atoms. The molecule has 0 radical (unpaired) electrons. The number of nitrogens with two attached hydrogens (primary N) is 1. The van der Waals surface area contributed by atoms with Crippen LogP contribution >= 0.6 is 11.6 Å². The van der Waals surface area contributed by atoms with E-state index in [1.54, 1.807) is 63.8 Å². The second-order valence-corrected chi connectivity index (χ2v) is 8.21. The van der Waals surface area contributed by atoms with Crippen LogP contribution in [-0.2, 0) is 0 Å². The first-order valence-corrected chi connectivity index (χ1v) is 11.9. The number of halogens is 1. The Morgan fingerprint density at radius 2 is 1.47 bits per heavy atom. The van der Waals surface area contributed by atoms with Crippen LogP contribution < -0.4 is 54.9 Å². The van der Waals surface area contributed by atoms with E-state index in [9.17, 15) is 9.59 Å². The van der Waals surface area contributed by atoms with Gasteiger partial charge in [-0.15, -0.1) is 5.34 Å². The minimum absolute atomic E-state index is 0. The fourth-order valence-corrected chi connectivity index (χ4v) is 3.51. The van der Waals surface area contributed by atoms with E-state index >= 15 is 0 Å². The molecule has 5 rings (SSSR count). The van der Waals surface area contributed by atoms with E-state index in [0.717, 1.165) is 22.0 Å². The van der Waals surface area contributed by atoms with E-state index in [2.05, 4.69) is 20.4 Å². The third-order valence-electron chi connectivity index (χ3n) is 5.30. The summed E-state index contributed by atoms with van der Waals surface area (Å²) in [4.78, 5) is 30.2. The molecular formula is C28H30ClN6NaO7. The monoisotopic (exact) mass is 620 g/mol. The van der Waals surface area contributed by atoms with Crippen LogP contribution in [0.3, 0.4) is 0 Å². The topological polar surface area (TPSA) is 195 Å². The maximum Gasteiger partial charge on any atom is 1.00 e. The van der Waals surface area contributed by atoms with Gasteiger partial charge in [0, 0.05) is 40.2 Å². The normalized spacial score (nSPS) is 9.14. The molecule has 0 aliphatic rings. The fraction of sp³-hybridized carbons (Fsp3) is 0.179. The fourth-order valence-electron chi connectivity index (χ4n) is 3.31. The molecule has 222 valence electrons. The van der Waals surface area contributed by atoms with Gasteiger partial charge in [-0.05, 0) is 43.3 Å². The Kier molecular flexibility index (Phi) is 17.8. The summed E-state index contributed by atoms with van der Waals surface area (Å²) in [5.41, 5.74) is 7.94. The van der Waals surface area contributed by atoms with Crippen molar-refractivity contribution in [1.82, 2.24) is 20.4 Å². The van der Waals surface area contributed by atoms with Gasteiger partial charge in [0.25, 0.3) is 0 Å². The molecule has 3 N–H and O–H groups in total. The number of hydrogen-bond donors (Lipinski definition) is 2. The molecule has 13 nitrogen and oxygen atoms in total. The number of hydrogen-bond acceptors (Lipinski definition) is 12. The number of aromatic nitrogens is 4. The number of Topliss-reactive ketones (excluding diaryl/α,β-unsaturated/α-hetero) is 1. The predicted octanol–water partition coefficient (Wildman–Crippen LogP) is 2.59. The number of ketones is 1. The van der Waals surface area contributed by atoms with Crippen molar-refractivity contribution in [2.45, 2.75) is 14.4 Å². The average molecular weight is 621 g/mol. The van der Waals surface area contributed by atoms with Crippen LogP contribution in [0.25, 0.3) is 21.8 Å². The molecule has 0 amide bonds. The second kappa shape index (κ2) is 19.8. The number of nitrogen functional groups attached to an aromatic ring is 1. The number of rotatable bonds is 4. The van der Waals surface area contributed by atoms with Crippen LogP contribution in [0.2, 0.25) is 5.02 Å². The van der Waals surface area contributed by atoms with Crippen LogP contribution in [-0.4, -0.2) is 47.5 Å². The van der Waals surface area contributed by atoms with Crippen molar-refractivity contribution in [3.8, 4) is 17.2 Å². The molecular weight excluding hydrogens is 591 g/mol. The zero-order valence-electron chi connectivity index (χ0n) is 23.5. The van der Waals surface area contributed by atoms with Gasteiger partial charge in [-0.1, -0.05) is 19.0 Å². The third kappa shape index (κ3) is 11.5. The molecule has 0 saturated carbocycles. The molecule has 3 aromatic carbocycles. The zero-order chi connectivity index (χ0) is 30.4. The van der Waals surface area contributed by atoms with E-state index in [-0.39, 0.29) is 48.2 Å². The molecule has 0 saturated heterocycles. The van der Waals surface area contributed by atoms with E-state index in [4.69, 9.17) is 41.7 Å². The average Bonchev–Trinajstić information content (AvgIpc) is 2.98. The number of ether oxygens (including phenoxy) is 3. The molecule has 0 aliphatic carbocycles. The summed E-state index contributed by atoms with van der Waals surface area (Å²) in [6.07, 6.45) is 2.78. The van der Waals surface area contributed by atoms with E-state index in [0.29, 0.717) is 38.7 Å². The Morgan fingerprint density at radius 3 is 2.02 bits per heavy atom. The van der Waals surface area contributed by atoms with Gasteiger partial charge < -0.3 is 30.1 Å². The Labute approximate surface area is 274 Å². The Bertz CT molecular complexity index is 1690. The molecule has 5 aromatic rings. The minimum atomic E-state index is -0.0867. The number of methoxy groups -OCH3 is 3. The molecule has 0 bridgehead atoms. The minimum Gasteiger partial charge on any atom is -0.497 e. The number of benzene rings is 3. The van der Waals surface area contributed by atoms with E-state index < -0.39 is 0 Å². The third-order valence-corrected chi connectivity index (χ3v) is 5.60. The van der Waals surface area contributed by atoms with Crippen LogP contribution in [0, 0.1) is 10.1 Å². The smallest absolute Gasteiger partial charge is 0.497 e. The summed E-state index contributed by atoms with van der Waals surface area (Å²) in [7, 11) is 4.75. The number of carbonyl (C=O) groups is 1. The van der Waals surface area contributed by atoms with E-state index in [1.165, 1.54) is 19.3 Å². The molecule has 0 atom stereocenters. The zero-order valence-corrected chi connectivity index (χ0v) is 26.2. The predicted molar refractivity (Wildman–Crippen MR) is 163 cm³/mol. The molecule has 0 spiro atoms. The standard InChI is InChI=1S/C9H7ClN2O.C9H8N2O2.C9H11NO2.CH4.HNO2.Na/c1-13-6-2-3-7-8(10)5-11-12-9(7)4-6;1-13-6-2-3-7-8(4-6)11-10-5-9(7)12;1-6(11)8-4-3-7(12-2)5-9(8)10;;2-1-3;/h2-5H,1H3;2-5H,1H3,(H,11,12);3-5H,10H2,1-2H3;1H4;(H,2,3);/q;;;;;+1/p-1. The maximum absolute atomic E-state index is 11.3. The number of fused-ring (bicyclic) bond motifs is 2. The first-order valence-electron chi connectivity index (χ1n) is 11.5. The Hall–Kier alpha value is -4.30. The second-order valence-electron chi connectivity index (χ2n) is 7.81. The summed E-state index contributed by atoms with van der Waals surface area (Å²) in [6, 6.07) is 15.7. The van der Waals surface area contributed by atoms with Crippen molar-refractivity contribution in [3.05, 3.63) is 97.9 Å². The number of nitrogens with zero attached hydrogens (tertiary/aromatic N) is 4. The molecule has 0 fully saturated rings. The van der Waals surface area contributed by atoms with Gasteiger partial charge in [-0.25, -0.2) is 0 Å². The molecule has 2 heterocycles. The van der Waals surface area contributed by atoms with E-state index in [1.807, 2.05) is 12.1 Å². The van der Waals surface area contributed by atoms with Gasteiger partial charge in [-0.2, -0.15) is 15.3 Å². The molecule has 0 aliphatic heterocycles. The van der Waals surface area contributed by atoms with Gasteiger partial charge in [0.2, 0.25) is 5.43 Å². The Balaban J connectivity index is 0.000000576. The first-order chi connectivity index (χ1) is 19.7. The van der Waals surface area contributed by atoms with Crippen LogP contribution in [0.1, 0.15) is 24.7 Å². The quantitative estimate of drug-likeness (QED) is 0.0985. The summed E-state index contributed by atoms with van der Waals surface area (Å²) in [6.45, 7) is 1.48. The van der Waals surface area contributed by atoms with Gasteiger partial charge in [0.05, 0.1) is 49.8 Å². The van der Waals surface area contributed by atoms with Crippen molar-refractivity contribution < 1.29 is 48.6 Å². The molecule has 2 aromatic heterocycles. The summed E-state index contributed by atoms with van der Waals surface area (Å²) >= 11 is 5.91. The SMILES string of the molecule is C.COc1ccc(C(C)=O)c(N)c1.COc1ccc2c(=O)cn[nH]c2c1.COc1ccc2c(Cl)cnnc2c1.O=N[O-].[Na+]. The summed E-state index contributed by atoms with van der Waals surface area (Å²) < 4.78 is 15.0. The Morgan fingerprint density at radius 1 is 0.930 bits per heavy atom. The van der Waals surface area contributed by atoms with Crippen LogP contribution in [0.15, 0.2) is 77.1 Å². The number of nitrogens with one attached hydrogen (secondary N) is 1. The van der Waals surface area contributed by atoms with Crippen molar-refractivity contribution in [2.24, 2.45) is 5.34 Å². The van der Waals surface area contributed by atoms with Crippen molar-refractivity contribution in [3.63, 3.8) is 0 Å². The first kappa shape index (κ1) is 38.7. The van der Waals surface area contributed by atoms with Gasteiger partial charge >= 0.3 is 29.6 Å². The molecule has 15 heteroatoms. The largest absolute Gasteiger partial charge is 1.00 e. The van der Waals surface area contributed by atoms with Crippen molar-refractivity contribution in [2.75, 3.05) is 27.1 Å². The van der Waals surface area contributed by atoms with Gasteiger partial charge in [0.15, 0.2) is 5.78 Å². The van der Waals surface area contributed by atoms with Crippen LogP contribution in [0.5, 0.6) is 17.2 Å².